The number of carbonyl (C=O) groups excluding carboxylic acids is 1. The van der Waals surface area contributed by atoms with Gasteiger partial charge in [0.1, 0.15) is 11.4 Å². The van der Waals surface area contributed by atoms with Gasteiger partial charge >= 0.3 is 13.9 Å². The minimum Gasteiger partial charge on any atom is -0.373 e. The van der Waals surface area contributed by atoms with Gasteiger partial charge in [-0.25, -0.2) is 23.7 Å². The predicted molar refractivity (Wildman–Crippen MR) is 167 cm³/mol. The van der Waals surface area contributed by atoms with Crippen molar-refractivity contribution < 1.29 is 32.1 Å². The van der Waals surface area contributed by atoms with E-state index in [1.165, 1.54) is 12.4 Å². The van der Waals surface area contributed by atoms with Crippen LogP contribution in [0.5, 0.6) is 0 Å². The van der Waals surface area contributed by atoms with Crippen molar-refractivity contribution >= 4 is 25.2 Å². The number of ether oxygens (including phenoxy) is 1. The number of unbranched alkanes of at least 4 members (excludes halogenated alkanes) is 2. The number of benzene rings is 1. The Morgan fingerprint density at radius 2 is 1.84 bits per heavy atom. The quantitative estimate of drug-likeness (QED) is 0.145. The van der Waals surface area contributed by atoms with Crippen molar-refractivity contribution in [2.75, 3.05) is 43.6 Å². The first-order chi connectivity index (χ1) is 21.0. The van der Waals surface area contributed by atoms with E-state index in [0.29, 0.717) is 60.5 Å². The summed E-state index contributed by atoms with van der Waals surface area (Å²) >= 11 is 0. The zero-order valence-electron chi connectivity index (χ0n) is 26.6. The van der Waals surface area contributed by atoms with Gasteiger partial charge in [0.15, 0.2) is 12.1 Å². The molecule has 1 saturated heterocycles. The van der Waals surface area contributed by atoms with Gasteiger partial charge in [-0.05, 0) is 52.5 Å². The van der Waals surface area contributed by atoms with Crippen molar-refractivity contribution in [1.29, 1.82) is 0 Å². The van der Waals surface area contributed by atoms with Gasteiger partial charge in [-0.15, -0.1) is 0 Å². The van der Waals surface area contributed by atoms with E-state index in [-0.39, 0.29) is 25.1 Å². The molecule has 2 amide bonds. The number of hydrogen-bond acceptors (Lipinski definition) is 10. The van der Waals surface area contributed by atoms with Gasteiger partial charge in [0.25, 0.3) is 0 Å². The predicted octanol–water partition coefficient (Wildman–Crippen LogP) is 6.59. The van der Waals surface area contributed by atoms with E-state index < -0.39 is 31.6 Å². The third-order valence-corrected chi connectivity index (χ3v) is 9.20. The number of rotatable bonds is 15. The minimum atomic E-state index is -3.90. The maximum absolute atomic E-state index is 16.4. The molecule has 0 bridgehead atoms. The molecule has 244 valence electrons. The molecule has 12 nitrogen and oxygen atoms in total. The summed E-state index contributed by atoms with van der Waals surface area (Å²) in [6, 6.07) is 1.38. The van der Waals surface area contributed by atoms with E-state index in [0.717, 1.165) is 19.3 Å². The summed E-state index contributed by atoms with van der Waals surface area (Å²) in [5.74, 6) is -0.203. The number of nitrogens with one attached hydrogen (secondary N) is 3. The van der Waals surface area contributed by atoms with Gasteiger partial charge in [-0.1, -0.05) is 26.7 Å². The molecule has 2 aromatic rings. The number of halogens is 1. The molecule has 2 aliphatic rings. The van der Waals surface area contributed by atoms with E-state index in [9.17, 15) is 9.36 Å². The summed E-state index contributed by atoms with van der Waals surface area (Å²) in [5, 5.41) is 8.85. The number of fused-ring (bicyclic) bond motifs is 1. The molecule has 0 spiro atoms. The van der Waals surface area contributed by atoms with Gasteiger partial charge in [-0.3, -0.25) is 13.6 Å². The van der Waals surface area contributed by atoms with Crippen LogP contribution in [0.15, 0.2) is 18.5 Å². The summed E-state index contributed by atoms with van der Waals surface area (Å²) in [6.07, 6.45) is 6.67. The number of anilines is 2. The topological polar surface area (TPSA) is 136 Å². The molecule has 14 heteroatoms. The maximum atomic E-state index is 16.4. The second kappa shape index (κ2) is 15.0. The number of nitrogens with zero attached hydrogens (tertiary/aromatic N) is 3. The van der Waals surface area contributed by atoms with Crippen LogP contribution in [-0.2, 0) is 28.5 Å². The second-order valence-corrected chi connectivity index (χ2v) is 13.0. The van der Waals surface area contributed by atoms with E-state index in [1.807, 2.05) is 32.7 Å². The number of phosphoric acid groups is 1. The molecule has 1 aromatic heterocycles. The Balaban J connectivity index is 1.63. The SMILES string of the molecule is CCCCOP(=O)(OCCCC)OC(C)(C)c1ncc(-c2cc3c(c([C@H]4CCCO4)c2F)NC(NC(=O)NCC)N3C)cn1. The van der Waals surface area contributed by atoms with Crippen LogP contribution in [0, 0.1) is 5.82 Å². The number of urea groups is 1. The molecule has 0 radical (unpaired) electrons. The van der Waals surface area contributed by atoms with Crippen molar-refractivity contribution in [3.8, 4) is 11.1 Å². The number of phosphoric ester groups is 1. The second-order valence-electron chi connectivity index (χ2n) is 11.4. The van der Waals surface area contributed by atoms with Crippen LogP contribution in [-0.4, -0.2) is 55.7 Å². The largest absolute Gasteiger partial charge is 0.475 e. The maximum Gasteiger partial charge on any atom is 0.475 e. The molecule has 2 atom stereocenters. The van der Waals surface area contributed by atoms with E-state index in [4.69, 9.17) is 18.3 Å². The van der Waals surface area contributed by atoms with Gasteiger partial charge < -0.3 is 25.6 Å². The Morgan fingerprint density at radius 3 is 2.41 bits per heavy atom. The smallest absolute Gasteiger partial charge is 0.373 e. The Bertz CT molecular complexity index is 1310. The summed E-state index contributed by atoms with van der Waals surface area (Å²) < 4.78 is 52.9. The fourth-order valence-corrected chi connectivity index (χ4v) is 6.61. The van der Waals surface area contributed by atoms with Gasteiger partial charge in [-0.2, -0.15) is 0 Å². The average molecular weight is 637 g/mol. The summed E-state index contributed by atoms with van der Waals surface area (Å²) in [7, 11) is -2.08. The average Bonchev–Trinajstić information content (AvgIpc) is 3.61. The zero-order chi connectivity index (χ0) is 31.9. The van der Waals surface area contributed by atoms with Crippen LogP contribution in [0.4, 0.5) is 20.6 Å². The lowest BCUT2D eigenvalue weighted by Gasteiger charge is -2.28. The summed E-state index contributed by atoms with van der Waals surface area (Å²) in [6.45, 7) is 10.7. The minimum absolute atomic E-state index is 0.239. The van der Waals surface area contributed by atoms with Gasteiger partial charge in [0.2, 0.25) is 0 Å². The van der Waals surface area contributed by atoms with Crippen LogP contribution in [0.2, 0.25) is 0 Å². The number of hydrogen-bond donors (Lipinski definition) is 3. The van der Waals surface area contributed by atoms with Crippen LogP contribution in [0.3, 0.4) is 0 Å². The van der Waals surface area contributed by atoms with Gasteiger partial charge in [0, 0.05) is 49.3 Å². The first-order valence-corrected chi connectivity index (χ1v) is 16.9. The van der Waals surface area contributed by atoms with E-state index >= 15 is 4.39 Å². The lowest BCUT2D eigenvalue weighted by molar-refractivity contribution is 0.0234. The molecule has 4 rings (SSSR count). The van der Waals surface area contributed by atoms with Gasteiger partial charge in [0.05, 0.1) is 30.7 Å². The van der Waals surface area contributed by atoms with E-state index in [1.54, 1.807) is 19.9 Å². The lowest BCUT2D eigenvalue weighted by atomic mass is 9.96. The van der Waals surface area contributed by atoms with Crippen LogP contribution >= 0.6 is 7.82 Å². The molecular formula is C30H46FN6O6P. The summed E-state index contributed by atoms with van der Waals surface area (Å²) in [5.41, 5.74) is 1.20. The molecular weight excluding hydrogens is 590 g/mol. The molecule has 0 aliphatic carbocycles. The Morgan fingerprint density at radius 1 is 1.18 bits per heavy atom. The normalized spacial score (nSPS) is 18.3. The van der Waals surface area contributed by atoms with Crippen molar-refractivity contribution in [3.63, 3.8) is 0 Å². The highest BCUT2D eigenvalue weighted by Crippen LogP contribution is 2.55. The first kappa shape index (κ1) is 34.1. The molecule has 1 aromatic carbocycles. The third-order valence-electron chi connectivity index (χ3n) is 7.52. The Hall–Kier alpha value is -2.83. The molecule has 2 aliphatic heterocycles. The highest BCUT2D eigenvalue weighted by Gasteiger charge is 2.39. The van der Waals surface area contributed by atoms with Crippen LogP contribution < -0.4 is 20.9 Å². The fraction of sp³-hybridized carbons (Fsp3) is 0.633. The van der Waals surface area contributed by atoms with Crippen molar-refractivity contribution in [1.82, 2.24) is 20.6 Å². The fourth-order valence-electron chi connectivity index (χ4n) is 5.08. The highest BCUT2D eigenvalue weighted by atomic mass is 31.2. The molecule has 3 heterocycles. The molecule has 0 saturated carbocycles. The van der Waals surface area contributed by atoms with Crippen molar-refractivity contribution in [2.45, 2.75) is 91.1 Å². The van der Waals surface area contributed by atoms with E-state index in [2.05, 4.69) is 25.9 Å². The first-order valence-electron chi connectivity index (χ1n) is 15.5. The summed E-state index contributed by atoms with van der Waals surface area (Å²) in [4.78, 5) is 23.1. The standard InChI is InChI=1S/C30H46FN6O6P/c1-7-10-15-41-44(39,42-16-11-8-2)43-30(4,5)27-33-18-20(19-34-27)21-17-22-26(24(25(21)31)23-13-12-14-40-23)35-28(37(22)6)36-29(38)32-9-3/h17-19,23,28,35H,7-16H2,1-6H3,(H2,32,36,38)/t23-,28?/m1/s1. The number of aromatic nitrogens is 2. The Kier molecular flexibility index (Phi) is 11.6. The third kappa shape index (κ3) is 7.87. The van der Waals surface area contributed by atoms with Crippen LogP contribution in [0.1, 0.15) is 90.6 Å². The molecule has 1 unspecified atom stereocenters. The monoisotopic (exact) mass is 636 g/mol. The molecule has 1 fully saturated rings. The lowest BCUT2D eigenvalue weighted by Crippen LogP contribution is -2.51. The molecule has 3 N–H and O–H groups in total. The highest BCUT2D eigenvalue weighted by molar-refractivity contribution is 7.48. The van der Waals surface area contributed by atoms with Crippen LogP contribution in [0.25, 0.3) is 11.1 Å². The Labute approximate surface area is 259 Å². The number of amides is 2. The molecule has 44 heavy (non-hydrogen) atoms. The van der Waals surface area contributed by atoms with Crippen molar-refractivity contribution in [2.24, 2.45) is 0 Å². The van der Waals surface area contributed by atoms with Crippen molar-refractivity contribution in [3.05, 3.63) is 35.7 Å². The number of carbonyl (C=O) groups is 1. The zero-order valence-corrected chi connectivity index (χ0v) is 27.5.